The van der Waals surface area contributed by atoms with Crippen molar-refractivity contribution in [2.24, 2.45) is 0 Å². The number of benzene rings is 2. The zero-order valence-corrected chi connectivity index (χ0v) is 15.2. The predicted molar refractivity (Wildman–Crippen MR) is 96.6 cm³/mol. The van der Waals surface area contributed by atoms with Crippen LogP contribution < -0.4 is 20.3 Å². The van der Waals surface area contributed by atoms with Crippen molar-refractivity contribution in [3.8, 4) is 11.5 Å². The zero-order valence-electron chi connectivity index (χ0n) is 14.4. The van der Waals surface area contributed by atoms with Gasteiger partial charge in [-0.25, -0.2) is 4.39 Å². The molecule has 138 valence electrons. The van der Waals surface area contributed by atoms with Gasteiger partial charge in [-0.2, -0.15) is 0 Å². The smallest absolute Gasteiger partial charge is 0.276 e. The lowest BCUT2D eigenvalue weighted by Crippen LogP contribution is -2.44. The molecule has 0 aromatic heterocycles. The molecule has 2 aromatic rings. The van der Waals surface area contributed by atoms with E-state index in [4.69, 9.17) is 9.47 Å². The molecule has 0 aliphatic rings. The fourth-order valence-electron chi connectivity index (χ4n) is 1.95. The molecular formula is C18H19FN2O4S. The number of methoxy groups -OCH3 is 1. The Morgan fingerprint density at radius 1 is 1.08 bits per heavy atom. The van der Waals surface area contributed by atoms with E-state index in [9.17, 15) is 14.0 Å². The summed E-state index contributed by atoms with van der Waals surface area (Å²) in [7, 11) is 1.51. The van der Waals surface area contributed by atoms with E-state index >= 15 is 0 Å². The summed E-state index contributed by atoms with van der Waals surface area (Å²) in [5.41, 5.74) is 5.49. The van der Waals surface area contributed by atoms with Crippen LogP contribution in [0.1, 0.15) is 5.56 Å². The number of ether oxygens (including phenoxy) is 2. The van der Waals surface area contributed by atoms with E-state index in [1.807, 2.05) is 13.0 Å². The van der Waals surface area contributed by atoms with Crippen molar-refractivity contribution in [1.82, 2.24) is 10.9 Å². The molecule has 0 fully saturated rings. The zero-order chi connectivity index (χ0) is 18.9. The Morgan fingerprint density at radius 2 is 1.81 bits per heavy atom. The number of hydrogen-bond acceptors (Lipinski definition) is 5. The number of nitrogens with one attached hydrogen (secondary N) is 2. The second-order valence-electron chi connectivity index (χ2n) is 5.26. The molecule has 0 bridgehead atoms. The van der Waals surface area contributed by atoms with Crippen LogP contribution in [0.25, 0.3) is 0 Å². The molecular weight excluding hydrogens is 359 g/mol. The number of rotatable bonds is 7. The molecule has 2 rings (SSSR count). The Bertz CT molecular complexity index is 786. The van der Waals surface area contributed by atoms with Crippen LogP contribution in [0.4, 0.5) is 4.39 Å². The van der Waals surface area contributed by atoms with Gasteiger partial charge >= 0.3 is 0 Å². The third-order valence-corrected chi connectivity index (χ3v) is 4.26. The van der Waals surface area contributed by atoms with Crippen LogP contribution in [0.2, 0.25) is 0 Å². The summed E-state index contributed by atoms with van der Waals surface area (Å²) in [4.78, 5) is 23.8. The maximum Gasteiger partial charge on any atom is 0.276 e. The first-order chi connectivity index (χ1) is 12.5. The van der Waals surface area contributed by atoms with Crippen LogP contribution in [-0.4, -0.2) is 31.3 Å². The van der Waals surface area contributed by atoms with E-state index in [1.54, 1.807) is 30.3 Å². The second kappa shape index (κ2) is 9.67. The molecule has 0 aliphatic carbocycles. The molecule has 6 nitrogen and oxygen atoms in total. The Balaban J connectivity index is 1.73. The molecule has 2 aromatic carbocycles. The highest BCUT2D eigenvalue weighted by Gasteiger charge is 2.10. The molecule has 0 radical (unpaired) electrons. The minimum absolute atomic E-state index is 0.0339. The van der Waals surface area contributed by atoms with Gasteiger partial charge in [0.25, 0.3) is 5.91 Å². The normalized spacial score (nSPS) is 10.1. The molecule has 0 atom stereocenters. The van der Waals surface area contributed by atoms with E-state index in [-0.39, 0.29) is 12.4 Å². The average molecular weight is 378 g/mol. The Kier molecular flexibility index (Phi) is 7.28. The summed E-state index contributed by atoms with van der Waals surface area (Å²) >= 11 is 1.04. The predicted octanol–water partition coefficient (Wildman–Crippen LogP) is 2.46. The van der Waals surface area contributed by atoms with Crippen LogP contribution in [0, 0.1) is 12.7 Å². The molecule has 0 unspecified atom stereocenters. The number of carbonyl (C=O) groups is 2. The van der Waals surface area contributed by atoms with Gasteiger partial charge in [-0.15, -0.1) is 11.8 Å². The van der Waals surface area contributed by atoms with Gasteiger partial charge < -0.3 is 9.47 Å². The highest BCUT2D eigenvalue weighted by atomic mass is 32.2. The van der Waals surface area contributed by atoms with Crippen LogP contribution >= 0.6 is 11.8 Å². The van der Waals surface area contributed by atoms with Crippen molar-refractivity contribution in [1.29, 1.82) is 0 Å². The van der Waals surface area contributed by atoms with Crippen molar-refractivity contribution in [2.75, 3.05) is 19.5 Å². The van der Waals surface area contributed by atoms with E-state index in [0.717, 1.165) is 17.3 Å². The number of carbonyl (C=O) groups excluding carboxylic acids is 2. The molecule has 2 amide bonds. The molecule has 0 saturated heterocycles. The van der Waals surface area contributed by atoms with Gasteiger partial charge in [0.15, 0.2) is 18.1 Å². The first-order valence-corrected chi connectivity index (χ1v) is 8.70. The van der Waals surface area contributed by atoms with Crippen LogP contribution in [-0.2, 0) is 9.59 Å². The van der Waals surface area contributed by atoms with E-state index < -0.39 is 17.6 Å². The quantitative estimate of drug-likeness (QED) is 0.572. The summed E-state index contributed by atoms with van der Waals surface area (Å²) in [5, 5.41) is 0. The summed E-state index contributed by atoms with van der Waals surface area (Å²) < 4.78 is 24.0. The maximum atomic E-state index is 13.5. The van der Waals surface area contributed by atoms with Crippen LogP contribution in [0.5, 0.6) is 11.5 Å². The number of halogens is 1. The van der Waals surface area contributed by atoms with Crippen LogP contribution in [0.15, 0.2) is 47.4 Å². The minimum Gasteiger partial charge on any atom is -0.493 e. The summed E-state index contributed by atoms with van der Waals surface area (Å²) in [6, 6.07) is 11.5. The molecule has 0 saturated carbocycles. The first-order valence-electron chi connectivity index (χ1n) is 7.72. The van der Waals surface area contributed by atoms with Gasteiger partial charge in [0.1, 0.15) is 5.82 Å². The monoisotopic (exact) mass is 378 g/mol. The van der Waals surface area contributed by atoms with Crippen molar-refractivity contribution in [3.05, 3.63) is 53.8 Å². The minimum atomic E-state index is -0.531. The number of amides is 2. The standard InChI is InChI=1S/C18H19FN2O4S/c1-12-7-8-14(15(9-12)24-2)25-10-17(22)20-21-18(23)11-26-16-6-4-3-5-13(16)19/h3-9H,10-11H2,1-2H3,(H,20,22)(H,21,23). The highest BCUT2D eigenvalue weighted by molar-refractivity contribution is 8.00. The van der Waals surface area contributed by atoms with Crippen molar-refractivity contribution >= 4 is 23.6 Å². The fourth-order valence-corrected chi connectivity index (χ4v) is 2.69. The van der Waals surface area contributed by atoms with Crippen molar-refractivity contribution < 1.29 is 23.5 Å². The lowest BCUT2D eigenvalue weighted by atomic mass is 10.2. The second-order valence-corrected chi connectivity index (χ2v) is 6.28. The van der Waals surface area contributed by atoms with Gasteiger partial charge in [0, 0.05) is 4.90 Å². The molecule has 2 N–H and O–H groups in total. The Hall–Kier alpha value is -2.74. The molecule has 0 heterocycles. The third kappa shape index (κ3) is 5.96. The molecule has 0 spiro atoms. The number of hydrazine groups is 1. The van der Waals surface area contributed by atoms with Gasteiger partial charge in [-0.3, -0.25) is 20.4 Å². The summed E-state index contributed by atoms with van der Waals surface area (Å²) in [6.45, 7) is 1.62. The Labute approximate surface area is 155 Å². The molecule has 8 heteroatoms. The van der Waals surface area contributed by atoms with Crippen LogP contribution in [0.3, 0.4) is 0 Å². The lowest BCUT2D eigenvalue weighted by Gasteiger charge is -2.12. The van der Waals surface area contributed by atoms with Crippen molar-refractivity contribution in [3.63, 3.8) is 0 Å². The van der Waals surface area contributed by atoms with Gasteiger partial charge in [0.05, 0.1) is 12.9 Å². The SMILES string of the molecule is COc1cc(C)ccc1OCC(=O)NNC(=O)CSc1ccccc1F. The van der Waals surface area contributed by atoms with E-state index in [0.29, 0.717) is 16.4 Å². The largest absolute Gasteiger partial charge is 0.493 e. The number of aryl methyl sites for hydroxylation is 1. The van der Waals surface area contributed by atoms with Crippen molar-refractivity contribution in [2.45, 2.75) is 11.8 Å². The third-order valence-electron chi connectivity index (χ3n) is 3.21. The summed E-state index contributed by atoms with van der Waals surface area (Å²) in [6.07, 6.45) is 0. The lowest BCUT2D eigenvalue weighted by molar-refractivity contribution is -0.128. The highest BCUT2D eigenvalue weighted by Crippen LogP contribution is 2.27. The van der Waals surface area contributed by atoms with E-state index in [2.05, 4.69) is 10.9 Å². The first kappa shape index (κ1) is 19.6. The van der Waals surface area contributed by atoms with Gasteiger partial charge in [0.2, 0.25) is 5.91 Å². The average Bonchev–Trinajstić information content (AvgIpc) is 2.64. The summed E-state index contributed by atoms with van der Waals surface area (Å²) in [5.74, 6) is -0.475. The molecule has 0 aliphatic heterocycles. The van der Waals surface area contributed by atoms with E-state index in [1.165, 1.54) is 13.2 Å². The fraction of sp³-hybridized carbons (Fsp3) is 0.222. The topological polar surface area (TPSA) is 76.7 Å². The Morgan fingerprint density at radius 3 is 2.54 bits per heavy atom. The maximum absolute atomic E-state index is 13.5. The van der Waals surface area contributed by atoms with Gasteiger partial charge in [-0.1, -0.05) is 18.2 Å². The number of thioether (sulfide) groups is 1. The van der Waals surface area contributed by atoms with Gasteiger partial charge in [-0.05, 0) is 36.8 Å². The number of hydrogen-bond donors (Lipinski definition) is 2. The molecule has 26 heavy (non-hydrogen) atoms.